The summed E-state index contributed by atoms with van der Waals surface area (Å²) in [6, 6.07) is 5.55. The number of ether oxygens (including phenoxy) is 2. The van der Waals surface area contributed by atoms with Crippen LogP contribution in [-0.2, 0) is 6.42 Å². The second kappa shape index (κ2) is 4.70. The van der Waals surface area contributed by atoms with Gasteiger partial charge in [-0.1, -0.05) is 6.92 Å². The van der Waals surface area contributed by atoms with E-state index < -0.39 is 0 Å². The fourth-order valence-corrected chi connectivity index (χ4v) is 2.48. The van der Waals surface area contributed by atoms with E-state index in [0.717, 1.165) is 22.2 Å². The average molecular weight is 322 g/mol. The fourth-order valence-electron chi connectivity index (χ4n) is 1.93. The topological polar surface area (TPSA) is 70.3 Å². The summed E-state index contributed by atoms with van der Waals surface area (Å²) in [7, 11) is 0. The molecule has 0 amide bonds. The molecule has 0 saturated heterocycles. The van der Waals surface area contributed by atoms with Crippen molar-refractivity contribution in [3.63, 3.8) is 0 Å². The van der Waals surface area contributed by atoms with E-state index in [0.29, 0.717) is 23.1 Å². The summed E-state index contributed by atoms with van der Waals surface area (Å²) in [5.41, 5.74) is 7.56. The normalized spacial score (nSPS) is 12.7. The molecule has 5 nitrogen and oxygen atoms in total. The Labute approximate surface area is 118 Å². The lowest BCUT2D eigenvalue weighted by molar-refractivity contribution is 0.173. The van der Waals surface area contributed by atoms with E-state index in [1.54, 1.807) is 6.07 Å². The number of aryl methyl sites for hydroxylation is 1. The van der Waals surface area contributed by atoms with Crippen molar-refractivity contribution in [2.75, 3.05) is 12.5 Å². The molecule has 2 aromatic rings. The van der Waals surface area contributed by atoms with E-state index in [1.807, 2.05) is 19.1 Å². The molecule has 0 aliphatic carbocycles. The highest BCUT2D eigenvalue weighted by Crippen LogP contribution is 2.41. The molecule has 0 atom stereocenters. The molecule has 2 N–H and O–H groups in total. The first kappa shape index (κ1) is 12.2. The summed E-state index contributed by atoms with van der Waals surface area (Å²) in [4.78, 5) is 8.75. The van der Waals surface area contributed by atoms with Gasteiger partial charge in [-0.3, -0.25) is 0 Å². The maximum Gasteiger partial charge on any atom is 0.231 e. The van der Waals surface area contributed by atoms with Crippen LogP contribution in [-0.4, -0.2) is 16.8 Å². The van der Waals surface area contributed by atoms with Gasteiger partial charge in [-0.15, -0.1) is 0 Å². The monoisotopic (exact) mass is 321 g/mol. The van der Waals surface area contributed by atoms with Crippen LogP contribution in [0.15, 0.2) is 22.7 Å². The van der Waals surface area contributed by atoms with Gasteiger partial charge < -0.3 is 15.2 Å². The van der Waals surface area contributed by atoms with Crippen LogP contribution in [0.1, 0.15) is 12.6 Å². The summed E-state index contributed by atoms with van der Waals surface area (Å²) in [5, 5.41) is 0. The molecule has 0 spiro atoms. The van der Waals surface area contributed by atoms with Crippen LogP contribution in [0.3, 0.4) is 0 Å². The smallest absolute Gasteiger partial charge is 0.231 e. The van der Waals surface area contributed by atoms with Crippen LogP contribution < -0.4 is 15.2 Å². The largest absolute Gasteiger partial charge is 0.454 e. The van der Waals surface area contributed by atoms with E-state index in [-0.39, 0.29) is 6.79 Å². The molecule has 3 rings (SSSR count). The number of hydrogen-bond donors (Lipinski definition) is 1. The second-order valence-corrected chi connectivity index (χ2v) is 5.01. The summed E-state index contributed by atoms with van der Waals surface area (Å²) >= 11 is 3.46. The third-order valence-electron chi connectivity index (χ3n) is 2.85. The van der Waals surface area contributed by atoms with Gasteiger partial charge in [0.1, 0.15) is 5.82 Å². The number of fused-ring (bicyclic) bond motifs is 1. The number of nitrogens with two attached hydrogens (primary N) is 1. The minimum Gasteiger partial charge on any atom is -0.454 e. The zero-order chi connectivity index (χ0) is 13.4. The average Bonchev–Trinajstić information content (AvgIpc) is 2.86. The lowest BCUT2D eigenvalue weighted by Crippen LogP contribution is -1.99. The van der Waals surface area contributed by atoms with E-state index in [1.165, 1.54) is 0 Å². The third-order valence-corrected chi connectivity index (χ3v) is 3.44. The van der Waals surface area contributed by atoms with Crippen LogP contribution in [0.2, 0.25) is 0 Å². The summed E-state index contributed by atoms with van der Waals surface area (Å²) in [5.74, 6) is 2.46. The van der Waals surface area contributed by atoms with Crippen LogP contribution in [0.4, 0.5) is 5.82 Å². The molecule has 19 heavy (non-hydrogen) atoms. The number of rotatable bonds is 2. The molecular formula is C13H12BrN3O2. The Balaban J connectivity index is 2.12. The van der Waals surface area contributed by atoms with Crippen molar-refractivity contribution in [1.82, 2.24) is 9.97 Å². The standard InChI is InChI=1S/C13H12BrN3O2/c1-2-8-5-11(15)17-13(16-8)7-3-9(14)12-10(4-7)18-6-19-12/h3-5H,2,6H2,1H3,(H2,15,16,17). The Hall–Kier alpha value is -1.82. The van der Waals surface area contributed by atoms with Crippen molar-refractivity contribution in [3.05, 3.63) is 28.4 Å². The molecule has 0 unspecified atom stereocenters. The molecule has 0 bridgehead atoms. The molecule has 98 valence electrons. The van der Waals surface area contributed by atoms with Crippen LogP contribution in [0.5, 0.6) is 11.5 Å². The lowest BCUT2D eigenvalue weighted by Gasteiger charge is -2.06. The quantitative estimate of drug-likeness (QED) is 0.921. The number of aromatic nitrogens is 2. The van der Waals surface area contributed by atoms with Gasteiger partial charge >= 0.3 is 0 Å². The molecule has 1 aromatic heterocycles. The molecule has 1 aliphatic heterocycles. The second-order valence-electron chi connectivity index (χ2n) is 4.15. The third kappa shape index (κ3) is 2.23. The Kier molecular flexibility index (Phi) is 3.02. The van der Waals surface area contributed by atoms with Crippen LogP contribution in [0.25, 0.3) is 11.4 Å². The van der Waals surface area contributed by atoms with Crippen molar-refractivity contribution in [3.8, 4) is 22.9 Å². The number of hydrogen-bond acceptors (Lipinski definition) is 5. The Morgan fingerprint density at radius 3 is 2.89 bits per heavy atom. The van der Waals surface area contributed by atoms with Crippen molar-refractivity contribution in [2.24, 2.45) is 0 Å². The summed E-state index contributed by atoms with van der Waals surface area (Å²) in [6.45, 7) is 2.26. The van der Waals surface area contributed by atoms with Gasteiger partial charge in [0.25, 0.3) is 0 Å². The van der Waals surface area contributed by atoms with Crippen molar-refractivity contribution in [2.45, 2.75) is 13.3 Å². The van der Waals surface area contributed by atoms with Gasteiger partial charge in [-0.05, 0) is 34.5 Å². The van der Waals surface area contributed by atoms with Gasteiger partial charge in [0.2, 0.25) is 6.79 Å². The Morgan fingerprint density at radius 1 is 1.26 bits per heavy atom. The minimum atomic E-state index is 0.232. The Bertz CT molecular complexity index is 646. The number of nitrogens with zero attached hydrogens (tertiary/aromatic N) is 2. The SMILES string of the molecule is CCc1cc(N)nc(-c2cc(Br)c3c(c2)OCO3)n1. The zero-order valence-corrected chi connectivity index (χ0v) is 11.9. The van der Waals surface area contributed by atoms with E-state index in [2.05, 4.69) is 25.9 Å². The highest BCUT2D eigenvalue weighted by atomic mass is 79.9. The molecule has 1 aromatic carbocycles. The van der Waals surface area contributed by atoms with Gasteiger partial charge in [0.15, 0.2) is 17.3 Å². The van der Waals surface area contributed by atoms with E-state index >= 15 is 0 Å². The van der Waals surface area contributed by atoms with Crippen LogP contribution >= 0.6 is 15.9 Å². The summed E-state index contributed by atoms with van der Waals surface area (Å²) < 4.78 is 11.6. The van der Waals surface area contributed by atoms with Gasteiger partial charge in [0, 0.05) is 17.3 Å². The number of anilines is 1. The maximum atomic E-state index is 5.80. The first-order valence-electron chi connectivity index (χ1n) is 5.90. The molecule has 0 fully saturated rings. The Morgan fingerprint density at radius 2 is 2.11 bits per heavy atom. The highest BCUT2D eigenvalue weighted by molar-refractivity contribution is 9.10. The van der Waals surface area contributed by atoms with Crippen molar-refractivity contribution in [1.29, 1.82) is 0 Å². The number of nitrogen functional groups attached to an aromatic ring is 1. The minimum absolute atomic E-state index is 0.232. The van der Waals surface area contributed by atoms with Crippen molar-refractivity contribution >= 4 is 21.7 Å². The molecule has 6 heteroatoms. The van der Waals surface area contributed by atoms with Crippen molar-refractivity contribution < 1.29 is 9.47 Å². The van der Waals surface area contributed by atoms with Gasteiger partial charge in [0.05, 0.1) is 4.47 Å². The molecule has 0 saturated carbocycles. The fraction of sp³-hybridized carbons (Fsp3) is 0.231. The predicted molar refractivity (Wildman–Crippen MR) is 75.1 cm³/mol. The molecular weight excluding hydrogens is 310 g/mol. The first-order chi connectivity index (χ1) is 9.17. The number of halogens is 1. The van der Waals surface area contributed by atoms with Gasteiger partial charge in [-0.2, -0.15) is 0 Å². The zero-order valence-electron chi connectivity index (χ0n) is 10.3. The van der Waals surface area contributed by atoms with Crippen LogP contribution in [0, 0.1) is 0 Å². The number of benzene rings is 1. The summed E-state index contributed by atoms with van der Waals surface area (Å²) in [6.07, 6.45) is 0.811. The van der Waals surface area contributed by atoms with Gasteiger partial charge in [-0.25, -0.2) is 9.97 Å². The molecule has 2 heterocycles. The highest BCUT2D eigenvalue weighted by Gasteiger charge is 2.19. The molecule has 0 radical (unpaired) electrons. The van der Waals surface area contributed by atoms with E-state index in [9.17, 15) is 0 Å². The predicted octanol–water partition coefficient (Wildman–Crippen LogP) is 2.78. The first-order valence-corrected chi connectivity index (χ1v) is 6.69. The van der Waals surface area contributed by atoms with E-state index in [4.69, 9.17) is 15.2 Å². The maximum absolute atomic E-state index is 5.80. The lowest BCUT2D eigenvalue weighted by atomic mass is 10.2. The molecule has 1 aliphatic rings.